The Balaban J connectivity index is 1.71. The lowest BCUT2D eigenvalue weighted by Crippen LogP contribution is -2.24. The van der Waals surface area contributed by atoms with E-state index in [0.717, 1.165) is 25.7 Å². The molecule has 3 unspecified atom stereocenters. The van der Waals surface area contributed by atoms with Gasteiger partial charge in [-0.1, -0.05) is 18.0 Å². The molecule has 0 amide bonds. The van der Waals surface area contributed by atoms with Crippen molar-refractivity contribution in [1.82, 2.24) is 10.1 Å². The zero-order valence-corrected chi connectivity index (χ0v) is 10.2. The van der Waals surface area contributed by atoms with Crippen LogP contribution in [0.25, 0.3) is 0 Å². The molecule has 100 valence electrons. The van der Waals surface area contributed by atoms with Crippen molar-refractivity contribution in [1.29, 1.82) is 0 Å². The Morgan fingerprint density at radius 1 is 1.17 bits per heavy atom. The second-order valence-corrected chi connectivity index (χ2v) is 4.88. The van der Waals surface area contributed by atoms with E-state index in [9.17, 15) is 5.11 Å². The Kier molecular flexibility index (Phi) is 3.58. The van der Waals surface area contributed by atoms with Gasteiger partial charge in [-0.25, -0.2) is 0 Å². The number of hydrogen-bond acceptors (Lipinski definition) is 6. The highest BCUT2D eigenvalue weighted by Crippen LogP contribution is 2.32. The Morgan fingerprint density at radius 2 is 2.06 bits per heavy atom. The Bertz CT molecular complexity index is 389. The van der Waals surface area contributed by atoms with Crippen LogP contribution in [0.3, 0.4) is 0 Å². The van der Waals surface area contributed by atoms with Crippen molar-refractivity contribution in [3.05, 3.63) is 11.7 Å². The first-order valence-corrected chi connectivity index (χ1v) is 6.55. The van der Waals surface area contributed by atoms with Crippen molar-refractivity contribution in [2.45, 2.75) is 43.8 Å². The fourth-order valence-corrected chi connectivity index (χ4v) is 2.56. The van der Waals surface area contributed by atoms with Gasteiger partial charge in [0.2, 0.25) is 11.7 Å². The molecule has 0 radical (unpaired) electrons. The van der Waals surface area contributed by atoms with Gasteiger partial charge in [-0.2, -0.15) is 4.98 Å². The van der Waals surface area contributed by atoms with E-state index in [4.69, 9.17) is 14.0 Å². The summed E-state index contributed by atoms with van der Waals surface area (Å²) >= 11 is 0. The maximum atomic E-state index is 9.96. The smallest absolute Gasteiger partial charge is 0.232 e. The first-order valence-electron chi connectivity index (χ1n) is 6.55. The van der Waals surface area contributed by atoms with Crippen LogP contribution in [0.15, 0.2) is 4.52 Å². The van der Waals surface area contributed by atoms with E-state index in [2.05, 4.69) is 10.1 Å². The zero-order valence-electron chi connectivity index (χ0n) is 10.2. The van der Waals surface area contributed by atoms with Gasteiger partial charge in [-0.15, -0.1) is 0 Å². The molecular weight excluding hydrogens is 236 g/mol. The third-order valence-electron chi connectivity index (χ3n) is 3.61. The molecule has 6 heteroatoms. The van der Waals surface area contributed by atoms with E-state index in [1.54, 1.807) is 0 Å². The zero-order chi connectivity index (χ0) is 12.4. The third-order valence-corrected chi connectivity index (χ3v) is 3.61. The number of aliphatic hydroxyl groups is 1. The standard InChI is InChI=1S/C12H18N2O4/c15-9-4-2-1-3-8(9)12-13-11(14-18-12)10-7-16-5-6-17-10/h8-10,15H,1-7H2. The number of aromatic nitrogens is 2. The second-order valence-electron chi connectivity index (χ2n) is 4.88. The maximum Gasteiger partial charge on any atom is 0.232 e. The van der Waals surface area contributed by atoms with Crippen molar-refractivity contribution in [2.24, 2.45) is 0 Å². The van der Waals surface area contributed by atoms with Crippen LogP contribution >= 0.6 is 0 Å². The largest absolute Gasteiger partial charge is 0.392 e. The molecule has 0 aromatic carbocycles. The summed E-state index contributed by atoms with van der Waals surface area (Å²) in [7, 11) is 0. The molecule has 1 saturated carbocycles. The first-order chi connectivity index (χ1) is 8.84. The van der Waals surface area contributed by atoms with Crippen LogP contribution < -0.4 is 0 Å². The van der Waals surface area contributed by atoms with Crippen LogP contribution in [0.5, 0.6) is 0 Å². The van der Waals surface area contributed by atoms with E-state index in [0.29, 0.717) is 31.5 Å². The number of nitrogens with zero attached hydrogens (tertiary/aromatic N) is 2. The molecule has 1 aliphatic carbocycles. The summed E-state index contributed by atoms with van der Waals surface area (Å²) in [6, 6.07) is 0. The average Bonchev–Trinajstić information content (AvgIpc) is 2.90. The molecule has 6 nitrogen and oxygen atoms in total. The molecule has 3 atom stereocenters. The minimum atomic E-state index is -0.365. The molecule has 1 saturated heterocycles. The second kappa shape index (κ2) is 5.34. The molecule has 18 heavy (non-hydrogen) atoms. The van der Waals surface area contributed by atoms with Crippen molar-refractivity contribution in [3.8, 4) is 0 Å². The molecule has 0 bridgehead atoms. The molecular formula is C12H18N2O4. The molecule has 3 rings (SSSR count). The average molecular weight is 254 g/mol. The Labute approximate surface area is 105 Å². The van der Waals surface area contributed by atoms with E-state index >= 15 is 0 Å². The maximum absolute atomic E-state index is 9.96. The van der Waals surface area contributed by atoms with Gasteiger partial charge in [0.25, 0.3) is 0 Å². The van der Waals surface area contributed by atoms with E-state index in [1.165, 1.54) is 0 Å². The SMILES string of the molecule is OC1CCCCC1c1nc(C2COCCO2)no1. The van der Waals surface area contributed by atoms with Gasteiger partial charge >= 0.3 is 0 Å². The summed E-state index contributed by atoms with van der Waals surface area (Å²) in [5.74, 6) is 1.04. The number of ether oxygens (including phenoxy) is 2. The summed E-state index contributed by atoms with van der Waals surface area (Å²) in [5, 5.41) is 13.9. The predicted octanol–water partition coefficient (Wildman–Crippen LogP) is 1.18. The van der Waals surface area contributed by atoms with Gasteiger partial charge in [0.1, 0.15) is 6.10 Å². The van der Waals surface area contributed by atoms with Crippen LogP contribution in [-0.4, -0.2) is 41.2 Å². The van der Waals surface area contributed by atoms with Gasteiger partial charge < -0.3 is 19.1 Å². The van der Waals surface area contributed by atoms with E-state index < -0.39 is 0 Å². The van der Waals surface area contributed by atoms with Crippen molar-refractivity contribution < 1.29 is 19.1 Å². The molecule has 1 aromatic rings. The quantitative estimate of drug-likeness (QED) is 0.853. The van der Waals surface area contributed by atoms with Crippen molar-refractivity contribution in [3.63, 3.8) is 0 Å². The fourth-order valence-electron chi connectivity index (χ4n) is 2.56. The topological polar surface area (TPSA) is 77.6 Å². The van der Waals surface area contributed by atoms with E-state index in [-0.39, 0.29) is 18.1 Å². The molecule has 2 aliphatic rings. The molecule has 1 N–H and O–H groups in total. The fraction of sp³-hybridized carbons (Fsp3) is 0.833. The molecule has 1 aliphatic heterocycles. The first kappa shape index (κ1) is 12.1. The van der Waals surface area contributed by atoms with Gasteiger partial charge in [0.15, 0.2) is 0 Å². The normalized spacial score (nSPS) is 33.5. The highest BCUT2D eigenvalue weighted by Gasteiger charge is 2.31. The van der Waals surface area contributed by atoms with Crippen LogP contribution in [0.2, 0.25) is 0 Å². The van der Waals surface area contributed by atoms with Crippen molar-refractivity contribution >= 4 is 0 Å². The monoisotopic (exact) mass is 254 g/mol. The Morgan fingerprint density at radius 3 is 2.83 bits per heavy atom. The van der Waals surface area contributed by atoms with E-state index in [1.807, 2.05) is 0 Å². The minimum absolute atomic E-state index is 0.0236. The van der Waals surface area contributed by atoms with Crippen LogP contribution in [0, 0.1) is 0 Å². The van der Waals surface area contributed by atoms with Crippen LogP contribution in [0.4, 0.5) is 0 Å². The number of rotatable bonds is 2. The van der Waals surface area contributed by atoms with Crippen LogP contribution in [0.1, 0.15) is 49.4 Å². The van der Waals surface area contributed by atoms with Crippen molar-refractivity contribution in [2.75, 3.05) is 19.8 Å². The summed E-state index contributed by atoms with van der Waals surface area (Å²) in [4.78, 5) is 4.37. The lowest BCUT2D eigenvalue weighted by Gasteiger charge is -2.24. The van der Waals surface area contributed by atoms with Crippen LogP contribution in [-0.2, 0) is 9.47 Å². The summed E-state index contributed by atoms with van der Waals surface area (Å²) in [6.45, 7) is 1.63. The Hall–Kier alpha value is -0.980. The number of hydrogen-bond donors (Lipinski definition) is 1. The molecule has 2 heterocycles. The predicted molar refractivity (Wildman–Crippen MR) is 61.0 cm³/mol. The summed E-state index contributed by atoms with van der Waals surface area (Å²) in [6.07, 6.45) is 3.28. The highest BCUT2D eigenvalue weighted by atomic mass is 16.6. The minimum Gasteiger partial charge on any atom is -0.392 e. The van der Waals surface area contributed by atoms with Gasteiger partial charge in [0.05, 0.1) is 31.8 Å². The lowest BCUT2D eigenvalue weighted by molar-refractivity contribution is -0.0941. The van der Waals surface area contributed by atoms with Gasteiger partial charge in [0, 0.05) is 0 Å². The molecule has 2 fully saturated rings. The van der Waals surface area contributed by atoms with Gasteiger partial charge in [-0.05, 0) is 12.8 Å². The molecule has 1 aromatic heterocycles. The third kappa shape index (κ3) is 2.41. The summed E-state index contributed by atoms with van der Waals surface area (Å²) in [5.41, 5.74) is 0. The number of aliphatic hydroxyl groups excluding tert-OH is 1. The molecule has 0 spiro atoms. The highest BCUT2D eigenvalue weighted by molar-refractivity contribution is 5.01. The van der Waals surface area contributed by atoms with Gasteiger partial charge in [-0.3, -0.25) is 0 Å². The lowest BCUT2D eigenvalue weighted by atomic mass is 9.86. The summed E-state index contributed by atoms with van der Waals surface area (Å²) < 4.78 is 16.1.